The highest BCUT2D eigenvalue weighted by molar-refractivity contribution is 7.21. The average Bonchev–Trinajstić information content (AvgIpc) is 3.98. The monoisotopic (exact) mass is 909 g/mol. The summed E-state index contributed by atoms with van der Waals surface area (Å²) in [4.78, 5) is 58.1. The number of rotatable bonds is 16. The first-order valence-corrected chi connectivity index (χ1v) is 22.4. The van der Waals surface area contributed by atoms with Gasteiger partial charge in [-0.3, -0.25) is 19.0 Å². The van der Waals surface area contributed by atoms with Gasteiger partial charge in [-0.15, -0.1) is 11.3 Å². The van der Waals surface area contributed by atoms with Gasteiger partial charge in [-0.25, -0.2) is 9.78 Å². The fourth-order valence-corrected chi connectivity index (χ4v) is 9.41. The molecule has 0 fully saturated rings. The third-order valence-electron chi connectivity index (χ3n) is 11.5. The van der Waals surface area contributed by atoms with E-state index in [1.807, 2.05) is 49.4 Å². The lowest BCUT2D eigenvalue weighted by Crippen LogP contribution is -2.31. The van der Waals surface area contributed by atoms with Crippen LogP contribution in [0.4, 0.5) is 0 Å². The Morgan fingerprint density at radius 1 is 0.815 bits per heavy atom. The number of benzene rings is 5. The van der Waals surface area contributed by atoms with E-state index in [-0.39, 0.29) is 63.3 Å². The van der Waals surface area contributed by atoms with E-state index in [0.717, 1.165) is 53.5 Å². The van der Waals surface area contributed by atoms with Gasteiger partial charge in [0.2, 0.25) is 5.91 Å². The second-order valence-electron chi connectivity index (χ2n) is 15.4. The molecule has 0 bridgehead atoms. The molecule has 0 saturated carbocycles. The van der Waals surface area contributed by atoms with Gasteiger partial charge in [-0.2, -0.15) is 0 Å². The second-order valence-corrected chi connectivity index (χ2v) is 16.9. The number of halogens is 1. The van der Waals surface area contributed by atoms with Crippen LogP contribution in [0, 0.1) is 6.92 Å². The molecule has 2 amide bonds. The fraction of sp³-hybridized carbons (Fsp3) is 0.220. The molecule has 0 aliphatic rings. The molecule has 15 heteroatoms. The Balaban J connectivity index is 0.759. The van der Waals surface area contributed by atoms with Gasteiger partial charge in [-0.05, 0) is 110 Å². The molecule has 9 aromatic rings. The first-order valence-electron chi connectivity index (χ1n) is 21.2. The number of para-hydroxylation sites is 1. The summed E-state index contributed by atoms with van der Waals surface area (Å²) >= 11 is 7.68. The van der Waals surface area contributed by atoms with Crippen LogP contribution in [0.1, 0.15) is 38.9 Å². The number of nitrogens with zero attached hydrogens (tertiary/aromatic N) is 3. The van der Waals surface area contributed by atoms with Crippen molar-refractivity contribution in [2.75, 3.05) is 46.6 Å². The Morgan fingerprint density at radius 2 is 1.55 bits per heavy atom. The summed E-state index contributed by atoms with van der Waals surface area (Å²) in [7, 11) is 1.57. The highest BCUT2D eigenvalue weighted by atomic mass is 35.5. The zero-order chi connectivity index (χ0) is 45.2. The number of nitrogens with one attached hydrogen (secondary N) is 2. The predicted molar refractivity (Wildman–Crippen MR) is 255 cm³/mol. The van der Waals surface area contributed by atoms with Crippen LogP contribution in [0.25, 0.3) is 64.5 Å². The molecule has 0 saturated heterocycles. The van der Waals surface area contributed by atoms with E-state index in [0.29, 0.717) is 45.1 Å². The quantitative estimate of drug-likeness (QED) is 0.0714. The lowest BCUT2D eigenvalue weighted by Gasteiger charge is -2.09. The lowest BCUT2D eigenvalue weighted by molar-refractivity contribution is -0.120. The molecule has 0 aliphatic carbocycles. The van der Waals surface area contributed by atoms with E-state index in [4.69, 9.17) is 35.2 Å². The molecule has 0 radical (unpaired) electrons. The number of aryl methyl sites for hydroxylation is 1. The van der Waals surface area contributed by atoms with E-state index in [9.17, 15) is 19.2 Å². The minimum Gasteiger partial charge on any atom is -0.497 e. The average molecular weight is 910 g/mol. The maximum atomic E-state index is 13.6. The second kappa shape index (κ2) is 18.7. The number of methoxy groups -OCH3 is 1. The van der Waals surface area contributed by atoms with Crippen molar-refractivity contribution in [1.29, 1.82) is 0 Å². The smallest absolute Gasteiger partial charge is 0.349 e. The minimum atomic E-state index is -0.727. The van der Waals surface area contributed by atoms with Crippen LogP contribution in [-0.2, 0) is 27.2 Å². The number of amides is 2. The molecule has 9 rings (SSSR count). The molecule has 65 heavy (non-hydrogen) atoms. The number of carbonyl (C=O) groups is 3. The molecule has 0 spiro atoms. The van der Waals surface area contributed by atoms with Gasteiger partial charge < -0.3 is 33.8 Å². The largest absolute Gasteiger partial charge is 0.497 e. The van der Waals surface area contributed by atoms with Gasteiger partial charge >= 0.3 is 5.63 Å². The van der Waals surface area contributed by atoms with Crippen molar-refractivity contribution in [2.24, 2.45) is 0 Å². The van der Waals surface area contributed by atoms with E-state index < -0.39 is 11.5 Å². The van der Waals surface area contributed by atoms with Crippen LogP contribution in [0.5, 0.6) is 5.75 Å². The topological polar surface area (TPSA) is 156 Å². The molecular formula is C50H44ClN5O8S. The summed E-state index contributed by atoms with van der Waals surface area (Å²) in [6, 6.07) is 31.9. The predicted octanol–water partition coefficient (Wildman–Crippen LogP) is 8.93. The Morgan fingerprint density at radius 3 is 2.31 bits per heavy atom. The minimum absolute atomic E-state index is 0.0494. The zero-order valence-electron chi connectivity index (χ0n) is 35.9. The van der Waals surface area contributed by atoms with Gasteiger partial charge in [0.05, 0.1) is 66.6 Å². The summed E-state index contributed by atoms with van der Waals surface area (Å²) in [5.74, 6) is -0.401. The molecule has 0 atom stereocenters. The van der Waals surface area contributed by atoms with Crippen LogP contribution in [0.3, 0.4) is 0 Å². The summed E-state index contributed by atoms with van der Waals surface area (Å²) in [6.07, 6.45) is 0.0494. The SMILES string of the molecule is CCn1c2ccc(-c3nc4ccccc4s3)cc2c2c3oc(=O)c(C(=O)NCCOCCOCCNC(=O)Cc4c(C)n(C(=O)c5ccc(Cl)cc5)c5ccc(OC)cc45)cc3ccc21. The Bertz CT molecular complexity index is 3320. The lowest BCUT2D eigenvalue weighted by atomic mass is 10.1. The standard InChI is InChI=1S/C50H44ClN5O8S/c1-4-55-40-16-12-32(48-54-39-7-5-6-8-43(39)65-48)26-37(40)45-42(55)17-11-31-25-38(50(60)64-46(31)45)47(58)53-20-22-63-24-23-62-21-19-52-44(57)28-35-29(2)56(41-18-15-34(61-3)27-36(35)41)49(59)30-9-13-33(51)14-10-30/h5-18,25-27H,4,19-24,28H2,1-3H3,(H,52,57)(H,53,58). The Hall–Kier alpha value is -6.84. The number of aromatic nitrogens is 3. The van der Waals surface area contributed by atoms with Crippen molar-refractivity contribution in [1.82, 2.24) is 24.8 Å². The van der Waals surface area contributed by atoms with E-state index in [2.05, 4.69) is 46.4 Å². The summed E-state index contributed by atoms with van der Waals surface area (Å²) < 4.78 is 27.6. The Labute approximate surface area is 381 Å². The molecule has 5 aromatic carbocycles. The first-order chi connectivity index (χ1) is 31.6. The van der Waals surface area contributed by atoms with Crippen molar-refractivity contribution in [3.63, 3.8) is 0 Å². The van der Waals surface area contributed by atoms with E-state index >= 15 is 0 Å². The van der Waals surface area contributed by atoms with Gasteiger partial charge in [0.15, 0.2) is 0 Å². The molecule has 330 valence electrons. The molecule has 2 N–H and O–H groups in total. The highest BCUT2D eigenvalue weighted by Gasteiger charge is 2.23. The molecular weight excluding hydrogens is 866 g/mol. The first kappa shape index (κ1) is 43.4. The van der Waals surface area contributed by atoms with E-state index in [1.54, 1.807) is 59.4 Å². The number of thiazole rings is 1. The molecule has 0 unspecified atom stereocenters. The van der Waals surface area contributed by atoms with Crippen LogP contribution in [0.2, 0.25) is 5.02 Å². The molecule has 4 aromatic heterocycles. The maximum absolute atomic E-state index is 13.6. The van der Waals surface area contributed by atoms with Gasteiger partial charge in [0, 0.05) is 63.2 Å². The van der Waals surface area contributed by atoms with Crippen molar-refractivity contribution >= 4 is 94.6 Å². The van der Waals surface area contributed by atoms with E-state index in [1.165, 1.54) is 0 Å². The highest BCUT2D eigenvalue weighted by Crippen LogP contribution is 2.39. The third kappa shape index (κ3) is 8.61. The van der Waals surface area contributed by atoms with Crippen molar-refractivity contribution < 1.29 is 33.0 Å². The molecule has 13 nitrogen and oxygen atoms in total. The van der Waals surface area contributed by atoms with Crippen LogP contribution in [-0.4, -0.2) is 78.5 Å². The van der Waals surface area contributed by atoms with Gasteiger partial charge in [0.1, 0.15) is 21.9 Å². The van der Waals surface area contributed by atoms with Gasteiger partial charge in [-0.1, -0.05) is 23.7 Å². The normalized spacial score (nSPS) is 11.6. The van der Waals surface area contributed by atoms with Crippen LogP contribution in [0.15, 0.2) is 112 Å². The summed E-state index contributed by atoms with van der Waals surface area (Å²) in [5, 5.41) is 10.2. The van der Waals surface area contributed by atoms with Crippen molar-refractivity contribution in [2.45, 2.75) is 26.8 Å². The number of fused-ring (bicyclic) bond motifs is 7. The van der Waals surface area contributed by atoms with Crippen molar-refractivity contribution in [3.8, 4) is 16.3 Å². The zero-order valence-corrected chi connectivity index (χ0v) is 37.4. The van der Waals surface area contributed by atoms with Crippen molar-refractivity contribution in [3.05, 3.63) is 141 Å². The number of carbonyl (C=O) groups excluding carboxylic acids is 3. The maximum Gasteiger partial charge on any atom is 0.349 e. The number of ether oxygens (including phenoxy) is 3. The molecule has 4 heterocycles. The van der Waals surface area contributed by atoms with Crippen LogP contribution < -0.4 is 21.0 Å². The van der Waals surface area contributed by atoms with Crippen LogP contribution >= 0.6 is 22.9 Å². The Kier molecular flexibility index (Phi) is 12.5. The molecule has 0 aliphatic heterocycles. The summed E-state index contributed by atoms with van der Waals surface area (Å²) in [6.45, 7) is 6.01. The van der Waals surface area contributed by atoms with Gasteiger partial charge in [0.25, 0.3) is 11.8 Å². The summed E-state index contributed by atoms with van der Waals surface area (Å²) in [5.41, 5.74) is 5.98. The third-order valence-corrected chi connectivity index (χ3v) is 12.8. The number of hydrogen-bond acceptors (Lipinski definition) is 10. The number of hydrogen-bond donors (Lipinski definition) is 2. The fourth-order valence-electron chi connectivity index (χ4n) is 8.32.